The molecule has 24 heavy (non-hydrogen) atoms. The lowest BCUT2D eigenvalue weighted by Gasteiger charge is -2.43. The van der Waals surface area contributed by atoms with Gasteiger partial charge < -0.3 is 0 Å². The first-order valence-electron chi connectivity index (χ1n) is 8.60. The van der Waals surface area contributed by atoms with E-state index in [-0.39, 0.29) is 0 Å². The Labute approximate surface area is 150 Å². The monoisotopic (exact) mass is 344 g/mol. The first-order chi connectivity index (χ1) is 11.9. The molecule has 0 nitrogen and oxygen atoms in total. The molecule has 3 aliphatic carbocycles. The van der Waals surface area contributed by atoms with Crippen LogP contribution in [0, 0.1) is 0 Å². The normalized spacial score (nSPS) is 23.8. The van der Waals surface area contributed by atoms with Gasteiger partial charge in [0.25, 0.3) is 0 Å². The summed E-state index contributed by atoms with van der Waals surface area (Å²) in [5.41, 5.74) is 3.19. The standard InChI is InChI=1S/C22H16S2/c1-2-6-14-12-18-16-10-9-15(17(18)11-13(14)5-1)21-22(16)24-20-8-4-3-7-19(20)23-21/h1-8,11-12,15-16H,9-10H2. The molecule has 0 amide bonds. The number of thioether (sulfide) groups is 2. The van der Waals surface area contributed by atoms with E-state index >= 15 is 0 Å². The van der Waals surface area contributed by atoms with Gasteiger partial charge >= 0.3 is 0 Å². The van der Waals surface area contributed by atoms with E-state index < -0.39 is 0 Å². The molecule has 0 saturated heterocycles. The Morgan fingerprint density at radius 3 is 1.58 bits per heavy atom. The average Bonchev–Trinajstić information content (AvgIpc) is 2.65. The third-order valence-electron chi connectivity index (χ3n) is 5.61. The molecule has 2 atom stereocenters. The number of benzene rings is 3. The van der Waals surface area contributed by atoms with E-state index in [1.165, 1.54) is 33.4 Å². The third kappa shape index (κ3) is 1.79. The summed E-state index contributed by atoms with van der Waals surface area (Å²) in [5.74, 6) is 1.21. The van der Waals surface area contributed by atoms with E-state index in [4.69, 9.17) is 0 Å². The van der Waals surface area contributed by atoms with Crippen LogP contribution in [0.4, 0.5) is 0 Å². The minimum absolute atomic E-state index is 0.607. The van der Waals surface area contributed by atoms with Gasteiger partial charge in [-0.2, -0.15) is 0 Å². The molecule has 2 bridgehead atoms. The van der Waals surface area contributed by atoms with Crippen molar-refractivity contribution in [1.29, 1.82) is 0 Å². The summed E-state index contributed by atoms with van der Waals surface area (Å²) in [4.78, 5) is 6.16. The van der Waals surface area contributed by atoms with Crippen molar-refractivity contribution in [3.63, 3.8) is 0 Å². The van der Waals surface area contributed by atoms with Crippen molar-refractivity contribution in [2.24, 2.45) is 0 Å². The molecule has 1 heterocycles. The van der Waals surface area contributed by atoms with Crippen molar-refractivity contribution in [1.82, 2.24) is 0 Å². The van der Waals surface area contributed by atoms with Gasteiger partial charge in [0, 0.05) is 31.4 Å². The topological polar surface area (TPSA) is 0 Å². The minimum atomic E-state index is 0.607. The van der Waals surface area contributed by atoms with Crippen molar-refractivity contribution in [2.45, 2.75) is 34.5 Å². The number of allylic oxidation sites excluding steroid dienone is 2. The first-order valence-corrected chi connectivity index (χ1v) is 10.2. The van der Waals surface area contributed by atoms with Crippen LogP contribution in [0.15, 0.2) is 80.3 Å². The summed E-state index contributed by atoms with van der Waals surface area (Å²) in [6.07, 6.45) is 2.62. The zero-order valence-corrected chi connectivity index (χ0v) is 14.8. The zero-order chi connectivity index (χ0) is 15.7. The molecule has 0 radical (unpaired) electrons. The Morgan fingerprint density at radius 1 is 0.625 bits per heavy atom. The average molecular weight is 345 g/mol. The third-order valence-corrected chi connectivity index (χ3v) is 8.47. The van der Waals surface area contributed by atoms with E-state index in [0.29, 0.717) is 11.8 Å². The maximum absolute atomic E-state index is 2.47. The number of hydrogen-bond donors (Lipinski definition) is 0. The molecule has 2 unspecified atom stereocenters. The molecular formula is C22H16S2. The molecule has 0 saturated carbocycles. The van der Waals surface area contributed by atoms with Gasteiger partial charge in [-0.25, -0.2) is 0 Å². The number of rotatable bonds is 0. The van der Waals surface area contributed by atoms with Crippen molar-refractivity contribution in [3.8, 4) is 0 Å². The van der Waals surface area contributed by atoms with Crippen LogP contribution in [0.5, 0.6) is 0 Å². The van der Waals surface area contributed by atoms with Crippen LogP contribution in [-0.4, -0.2) is 0 Å². The van der Waals surface area contributed by atoms with Gasteiger partial charge in [-0.3, -0.25) is 0 Å². The second kappa shape index (κ2) is 4.93. The lowest BCUT2D eigenvalue weighted by Crippen LogP contribution is -2.24. The molecule has 116 valence electrons. The highest BCUT2D eigenvalue weighted by molar-refractivity contribution is 8.09. The van der Waals surface area contributed by atoms with Gasteiger partial charge in [-0.05, 0) is 46.9 Å². The molecule has 0 spiro atoms. The van der Waals surface area contributed by atoms with Crippen LogP contribution < -0.4 is 0 Å². The van der Waals surface area contributed by atoms with Crippen molar-refractivity contribution < 1.29 is 0 Å². The molecule has 0 fully saturated rings. The molecule has 3 aromatic carbocycles. The van der Waals surface area contributed by atoms with Gasteiger partial charge in [0.05, 0.1) is 0 Å². The zero-order valence-electron chi connectivity index (χ0n) is 13.2. The largest absolute Gasteiger partial charge is 0.0918 e. The van der Waals surface area contributed by atoms with Crippen molar-refractivity contribution in [2.75, 3.05) is 0 Å². The van der Waals surface area contributed by atoms with Crippen LogP contribution >= 0.6 is 23.5 Å². The molecular weight excluding hydrogens is 328 g/mol. The maximum Gasteiger partial charge on any atom is 0.0259 e. The van der Waals surface area contributed by atoms with E-state index in [2.05, 4.69) is 60.7 Å². The predicted octanol–water partition coefficient (Wildman–Crippen LogP) is 6.92. The van der Waals surface area contributed by atoms with Gasteiger partial charge in [-0.15, -0.1) is 0 Å². The van der Waals surface area contributed by atoms with Crippen LogP contribution in [0.25, 0.3) is 10.8 Å². The molecule has 4 aliphatic rings. The highest BCUT2D eigenvalue weighted by atomic mass is 32.2. The maximum atomic E-state index is 2.47. The van der Waals surface area contributed by atoms with E-state index in [0.717, 1.165) is 0 Å². The highest BCUT2D eigenvalue weighted by Crippen LogP contribution is 2.64. The Hall–Kier alpha value is -1.64. The van der Waals surface area contributed by atoms with Gasteiger partial charge in [-0.1, -0.05) is 72.1 Å². The lowest BCUT2D eigenvalue weighted by molar-refractivity contribution is 0.541. The Kier molecular flexibility index (Phi) is 2.80. The smallest absolute Gasteiger partial charge is 0.0259 e. The second-order valence-corrected chi connectivity index (χ2v) is 9.06. The van der Waals surface area contributed by atoms with Crippen LogP contribution in [-0.2, 0) is 0 Å². The summed E-state index contributed by atoms with van der Waals surface area (Å²) in [7, 11) is 0. The van der Waals surface area contributed by atoms with Crippen molar-refractivity contribution in [3.05, 3.63) is 81.6 Å². The Bertz CT molecular complexity index is 950. The fourth-order valence-electron chi connectivity index (χ4n) is 4.51. The summed E-state index contributed by atoms with van der Waals surface area (Å²) < 4.78 is 0. The minimum Gasteiger partial charge on any atom is -0.0918 e. The van der Waals surface area contributed by atoms with E-state index in [9.17, 15) is 0 Å². The second-order valence-electron chi connectivity index (χ2n) is 6.89. The summed E-state index contributed by atoms with van der Waals surface area (Å²) in [5, 5.41) is 2.78. The SMILES string of the molecule is c1ccc2c(c1)SC1=C(S2)C2CCC1c1cc3ccccc3cc12. The summed E-state index contributed by atoms with van der Waals surface area (Å²) >= 11 is 4.06. The lowest BCUT2D eigenvalue weighted by atomic mass is 9.70. The fourth-order valence-corrected chi connectivity index (χ4v) is 7.37. The van der Waals surface area contributed by atoms with E-state index in [1.807, 2.05) is 23.5 Å². The van der Waals surface area contributed by atoms with Gasteiger partial charge in [0.1, 0.15) is 0 Å². The number of fused-ring (bicyclic) bond motifs is 3. The predicted molar refractivity (Wildman–Crippen MR) is 104 cm³/mol. The molecule has 2 heteroatoms. The molecule has 7 rings (SSSR count). The Morgan fingerprint density at radius 2 is 1.08 bits per heavy atom. The number of hydrogen-bond acceptors (Lipinski definition) is 2. The molecule has 0 N–H and O–H groups in total. The summed E-state index contributed by atoms with van der Waals surface area (Å²) in [6, 6.07) is 22.6. The van der Waals surface area contributed by atoms with Gasteiger partial charge in [0.2, 0.25) is 0 Å². The Balaban J connectivity index is 1.56. The van der Waals surface area contributed by atoms with Gasteiger partial charge in [0.15, 0.2) is 0 Å². The van der Waals surface area contributed by atoms with Crippen molar-refractivity contribution >= 4 is 34.3 Å². The highest BCUT2D eigenvalue weighted by Gasteiger charge is 2.42. The quantitative estimate of drug-likeness (QED) is 0.434. The molecule has 3 aromatic rings. The molecule has 0 aromatic heterocycles. The fraction of sp³-hybridized carbons (Fsp3) is 0.182. The van der Waals surface area contributed by atoms with E-state index in [1.54, 1.807) is 20.9 Å². The van der Waals surface area contributed by atoms with Crippen LogP contribution in [0.3, 0.4) is 0 Å². The summed E-state index contributed by atoms with van der Waals surface area (Å²) in [6.45, 7) is 0. The first kappa shape index (κ1) is 13.6. The van der Waals surface area contributed by atoms with Crippen LogP contribution in [0.2, 0.25) is 0 Å². The van der Waals surface area contributed by atoms with Crippen LogP contribution in [0.1, 0.15) is 35.8 Å². The molecule has 1 aliphatic heterocycles.